The van der Waals surface area contributed by atoms with Gasteiger partial charge in [-0.1, -0.05) is 27.2 Å². The highest BCUT2D eigenvalue weighted by Crippen LogP contribution is 2.62. The molecule has 0 aromatic rings. The van der Waals surface area contributed by atoms with Crippen LogP contribution in [0.3, 0.4) is 0 Å². The summed E-state index contributed by atoms with van der Waals surface area (Å²) in [5.74, 6) is 5.65. The van der Waals surface area contributed by atoms with Gasteiger partial charge < -0.3 is 5.11 Å². The summed E-state index contributed by atoms with van der Waals surface area (Å²) in [6, 6.07) is 0. The van der Waals surface area contributed by atoms with Crippen molar-refractivity contribution < 1.29 is 9.90 Å². The molecule has 2 aliphatic rings. The summed E-state index contributed by atoms with van der Waals surface area (Å²) in [5.41, 5.74) is 1.78. The van der Waals surface area contributed by atoms with E-state index in [1.165, 1.54) is 12.8 Å². The fraction of sp³-hybridized carbons (Fsp3) is 0.938. The Morgan fingerprint density at radius 2 is 1.90 bits per heavy atom. The van der Waals surface area contributed by atoms with Crippen LogP contribution in [0.2, 0.25) is 0 Å². The van der Waals surface area contributed by atoms with Gasteiger partial charge in [-0.3, -0.25) is 10.2 Å². The van der Waals surface area contributed by atoms with Gasteiger partial charge in [-0.25, -0.2) is 5.84 Å². The number of hydrazine groups is 1. The van der Waals surface area contributed by atoms with E-state index in [0.717, 1.165) is 19.3 Å². The monoisotopic (exact) mass is 282 g/mol. The van der Waals surface area contributed by atoms with Gasteiger partial charge in [0.05, 0.1) is 5.60 Å². The minimum atomic E-state index is -0.773. The zero-order valence-electron chi connectivity index (χ0n) is 13.3. The first-order valence-electron chi connectivity index (χ1n) is 7.85. The summed E-state index contributed by atoms with van der Waals surface area (Å²) < 4.78 is 0. The second kappa shape index (κ2) is 4.99. The number of nitrogens with two attached hydrogens (primary N) is 1. The number of aliphatic hydroxyl groups is 1. The number of fused-ring (bicyclic) bond motifs is 1. The van der Waals surface area contributed by atoms with Gasteiger partial charge in [0.15, 0.2) is 0 Å². The first kappa shape index (κ1) is 15.8. The number of rotatable bonds is 2. The molecular weight excluding hydrogens is 252 g/mol. The van der Waals surface area contributed by atoms with Gasteiger partial charge in [0.2, 0.25) is 5.91 Å². The molecule has 0 aromatic carbocycles. The number of hydrogen-bond acceptors (Lipinski definition) is 3. The van der Waals surface area contributed by atoms with Crippen LogP contribution in [0.1, 0.15) is 66.2 Å². The van der Waals surface area contributed by atoms with Crippen LogP contribution < -0.4 is 11.3 Å². The fourth-order valence-electron chi connectivity index (χ4n) is 5.32. The minimum absolute atomic E-state index is 0.0168. The highest BCUT2D eigenvalue weighted by molar-refractivity contribution is 5.75. The summed E-state index contributed by atoms with van der Waals surface area (Å²) in [7, 11) is 0. The van der Waals surface area contributed by atoms with Gasteiger partial charge in [0, 0.05) is 12.3 Å². The van der Waals surface area contributed by atoms with Gasteiger partial charge in [-0.2, -0.15) is 0 Å². The average Bonchev–Trinajstić information content (AvgIpc) is 2.32. The van der Waals surface area contributed by atoms with Crippen molar-refractivity contribution in [1.29, 1.82) is 0 Å². The van der Waals surface area contributed by atoms with E-state index in [2.05, 4.69) is 26.2 Å². The van der Waals surface area contributed by atoms with E-state index in [1.54, 1.807) is 0 Å². The van der Waals surface area contributed by atoms with Crippen molar-refractivity contribution in [2.45, 2.75) is 71.8 Å². The van der Waals surface area contributed by atoms with Crippen LogP contribution in [0.5, 0.6) is 0 Å². The summed E-state index contributed by atoms with van der Waals surface area (Å²) in [6.07, 6.45) is 5.67. The Labute approximate surface area is 122 Å². The van der Waals surface area contributed by atoms with Crippen LogP contribution in [0, 0.1) is 22.7 Å². The van der Waals surface area contributed by atoms with E-state index in [0.29, 0.717) is 17.8 Å². The summed E-state index contributed by atoms with van der Waals surface area (Å²) in [6.45, 7) is 8.86. The standard InChI is InChI=1S/C16H30N2O2/c1-14(2)7-5-8-15(3)11(14)6-9-16(4,20)12(15)10-13(19)18-17/h11-12,20H,5-10,17H2,1-4H3,(H,18,19)/t11-,12+,15-,16+/m0/s1. The highest BCUT2D eigenvalue weighted by Gasteiger charge is 2.58. The molecule has 0 heterocycles. The lowest BCUT2D eigenvalue weighted by molar-refractivity contribution is -0.173. The molecule has 20 heavy (non-hydrogen) atoms. The maximum absolute atomic E-state index is 11.8. The second-order valence-corrected chi connectivity index (χ2v) is 8.12. The lowest BCUT2D eigenvalue weighted by atomic mass is 9.45. The maximum Gasteiger partial charge on any atom is 0.234 e. The molecule has 2 aliphatic carbocycles. The summed E-state index contributed by atoms with van der Waals surface area (Å²) in [4.78, 5) is 11.8. The Morgan fingerprint density at radius 1 is 1.25 bits per heavy atom. The Bertz CT molecular complexity index is 392. The van der Waals surface area contributed by atoms with Crippen LogP contribution in [-0.2, 0) is 4.79 Å². The molecule has 0 unspecified atom stereocenters. The van der Waals surface area contributed by atoms with E-state index >= 15 is 0 Å². The van der Waals surface area contributed by atoms with Gasteiger partial charge in [-0.15, -0.1) is 0 Å². The topological polar surface area (TPSA) is 75.4 Å². The molecule has 0 aliphatic heterocycles. The Kier molecular flexibility index (Phi) is 3.93. The molecule has 2 saturated carbocycles. The molecule has 0 aromatic heterocycles. The number of carbonyl (C=O) groups excluding carboxylic acids is 1. The molecule has 2 rings (SSSR count). The molecule has 2 fully saturated rings. The molecule has 0 bridgehead atoms. The third-order valence-electron chi connectivity index (χ3n) is 6.31. The van der Waals surface area contributed by atoms with Crippen LogP contribution in [0.25, 0.3) is 0 Å². The SMILES string of the molecule is CC1(C)CCC[C@]2(C)[C@@H](CC(=O)NN)[C@](C)(O)CC[C@@H]12. The van der Waals surface area contributed by atoms with Crippen LogP contribution in [-0.4, -0.2) is 16.6 Å². The highest BCUT2D eigenvalue weighted by atomic mass is 16.3. The van der Waals surface area contributed by atoms with Crippen molar-refractivity contribution in [3.63, 3.8) is 0 Å². The number of carbonyl (C=O) groups is 1. The molecule has 4 N–H and O–H groups in total. The Balaban J connectivity index is 2.35. The maximum atomic E-state index is 11.8. The van der Waals surface area contributed by atoms with E-state index in [9.17, 15) is 9.90 Å². The van der Waals surface area contributed by atoms with E-state index in [-0.39, 0.29) is 17.2 Å². The molecule has 1 amide bonds. The van der Waals surface area contributed by atoms with Crippen LogP contribution in [0.15, 0.2) is 0 Å². The molecule has 4 atom stereocenters. The molecule has 0 radical (unpaired) electrons. The van der Waals surface area contributed by atoms with Gasteiger partial charge in [0.25, 0.3) is 0 Å². The normalized spacial score (nSPS) is 43.7. The van der Waals surface area contributed by atoms with Crippen molar-refractivity contribution in [1.82, 2.24) is 5.43 Å². The molecule has 0 saturated heterocycles. The summed E-state index contributed by atoms with van der Waals surface area (Å²) in [5, 5.41) is 10.8. The smallest absolute Gasteiger partial charge is 0.234 e. The van der Waals surface area contributed by atoms with Gasteiger partial charge >= 0.3 is 0 Å². The third-order valence-corrected chi connectivity index (χ3v) is 6.31. The average molecular weight is 282 g/mol. The lowest BCUT2D eigenvalue weighted by Gasteiger charge is -2.61. The van der Waals surface area contributed by atoms with Crippen molar-refractivity contribution in [2.75, 3.05) is 0 Å². The number of hydrogen-bond donors (Lipinski definition) is 3. The molecule has 0 spiro atoms. The summed E-state index contributed by atoms with van der Waals surface area (Å²) >= 11 is 0. The quantitative estimate of drug-likeness (QED) is 0.413. The molecule has 4 heteroatoms. The molecule has 4 nitrogen and oxygen atoms in total. The minimum Gasteiger partial charge on any atom is -0.390 e. The predicted molar refractivity (Wildman–Crippen MR) is 79.5 cm³/mol. The van der Waals surface area contributed by atoms with Crippen molar-refractivity contribution >= 4 is 5.91 Å². The van der Waals surface area contributed by atoms with Crippen LogP contribution >= 0.6 is 0 Å². The number of amides is 1. The van der Waals surface area contributed by atoms with Crippen molar-refractivity contribution in [3.8, 4) is 0 Å². The van der Waals surface area contributed by atoms with Crippen LogP contribution in [0.4, 0.5) is 0 Å². The molecule has 116 valence electrons. The first-order chi connectivity index (χ1) is 9.13. The Morgan fingerprint density at radius 3 is 2.50 bits per heavy atom. The zero-order chi connectivity index (χ0) is 15.2. The van der Waals surface area contributed by atoms with Gasteiger partial charge in [-0.05, 0) is 49.4 Å². The zero-order valence-corrected chi connectivity index (χ0v) is 13.3. The van der Waals surface area contributed by atoms with Crippen molar-refractivity contribution in [3.05, 3.63) is 0 Å². The second-order valence-electron chi connectivity index (χ2n) is 8.12. The number of nitrogens with one attached hydrogen (secondary N) is 1. The van der Waals surface area contributed by atoms with E-state index in [4.69, 9.17) is 5.84 Å². The van der Waals surface area contributed by atoms with Gasteiger partial charge in [0.1, 0.15) is 0 Å². The van der Waals surface area contributed by atoms with E-state index < -0.39 is 5.60 Å². The lowest BCUT2D eigenvalue weighted by Crippen LogP contribution is -2.58. The largest absolute Gasteiger partial charge is 0.390 e. The van der Waals surface area contributed by atoms with E-state index in [1.807, 2.05) is 6.92 Å². The predicted octanol–water partition coefficient (Wildman–Crippen LogP) is 2.36. The Hall–Kier alpha value is -0.610. The fourth-order valence-corrected chi connectivity index (χ4v) is 5.32. The van der Waals surface area contributed by atoms with Crippen molar-refractivity contribution in [2.24, 2.45) is 28.5 Å². The first-order valence-corrected chi connectivity index (χ1v) is 7.85. The third kappa shape index (κ3) is 2.48. The molecular formula is C16H30N2O2.